The van der Waals surface area contributed by atoms with Crippen LogP contribution in [0.4, 0.5) is 14.9 Å². The number of furan rings is 1. The van der Waals surface area contributed by atoms with Crippen molar-refractivity contribution >= 4 is 35.6 Å². The lowest BCUT2D eigenvalue weighted by Crippen LogP contribution is -2.30. The molecule has 0 saturated carbocycles. The summed E-state index contributed by atoms with van der Waals surface area (Å²) in [6.07, 6.45) is 1.61. The summed E-state index contributed by atoms with van der Waals surface area (Å²) in [5.41, 5.74) is 3.69. The molecule has 2 N–H and O–H groups in total. The molecule has 2 aromatic heterocycles. The van der Waals surface area contributed by atoms with Crippen molar-refractivity contribution in [1.82, 2.24) is 14.8 Å². The van der Waals surface area contributed by atoms with Gasteiger partial charge < -0.3 is 29.1 Å². The first kappa shape index (κ1) is 28.9. The van der Waals surface area contributed by atoms with E-state index in [1.807, 2.05) is 36.6 Å². The molecule has 0 atom stereocenters. The number of nitrogens with one attached hydrogen (secondary N) is 2. The predicted octanol–water partition coefficient (Wildman–Crippen LogP) is 4.72. The molecule has 1 fully saturated rings. The number of amides is 4. The number of ether oxygens (including phenoxy) is 2. The third-order valence-corrected chi connectivity index (χ3v) is 6.67. The van der Waals surface area contributed by atoms with E-state index in [2.05, 4.69) is 15.4 Å². The minimum absolute atomic E-state index is 0.0290. The molecular weight excluding hydrogens is 559 g/mol. The van der Waals surface area contributed by atoms with Crippen LogP contribution in [0.1, 0.15) is 33.3 Å². The molecule has 0 spiro atoms. The van der Waals surface area contributed by atoms with Gasteiger partial charge in [-0.15, -0.1) is 0 Å². The van der Waals surface area contributed by atoms with E-state index >= 15 is 0 Å². The molecule has 4 aromatic rings. The highest BCUT2D eigenvalue weighted by atomic mass is 19.1. The molecule has 0 radical (unpaired) electrons. The topological polar surface area (TPSA) is 132 Å². The van der Waals surface area contributed by atoms with E-state index in [4.69, 9.17) is 9.15 Å². The van der Waals surface area contributed by atoms with Crippen LogP contribution in [0.15, 0.2) is 76.8 Å². The van der Waals surface area contributed by atoms with Gasteiger partial charge in [-0.3, -0.25) is 14.5 Å². The van der Waals surface area contributed by atoms with Gasteiger partial charge >= 0.3 is 12.0 Å². The summed E-state index contributed by atoms with van der Waals surface area (Å²) in [6, 6.07) is 16.9. The van der Waals surface area contributed by atoms with Gasteiger partial charge in [-0.2, -0.15) is 0 Å². The number of imide groups is 1. The first-order valence-corrected chi connectivity index (χ1v) is 13.1. The number of esters is 1. The van der Waals surface area contributed by atoms with Gasteiger partial charge in [0, 0.05) is 22.8 Å². The molecule has 220 valence electrons. The number of rotatable bonds is 9. The predicted molar refractivity (Wildman–Crippen MR) is 153 cm³/mol. The monoisotopic (exact) mass is 586 g/mol. The Labute approximate surface area is 245 Å². The van der Waals surface area contributed by atoms with E-state index in [0.29, 0.717) is 11.4 Å². The smallest absolute Gasteiger partial charge is 0.373 e. The average molecular weight is 587 g/mol. The van der Waals surface area contributed by atoms with Crippen LogP contribution in [0.25, 0.3) is 11.8 Å². The largest absolute Gasteiger partial charge is 0.484 e. The maximum absolute atomic E-state index is 13.3. The second-order valence-corrected chi connectivity index (χ2v) is 9.64. The molecule has 11 nitrogen and oxygen atoms in total. The fraction of sp³-hybridized carbons (Fsp3) is 0.161. The molecule has 1 saturated heterocycles. The second-order valence-electron chi connectivity index (χ2n) is 9.64. The number of hydrogen-bond acceptors (Lipinski definition) is 7. The van der Waals surface area contributed by atoms with Crippen LogP contribution in [0.3, 0.4) is 0 Å². The molecule has 12 heteroatoms. The Morgan fingerprint density at radius 2 is 1.81 bits per heavy atom. The number of methoxy groups -OCH3 is 1. The molecule has 0 aliphatic carbocycles. The third kappa shape index (κ3) is 6.32. The first-order valence-electron chi connectivity index (χ1n) is 13.1. The van der Waals surface area contributed by atoms with Gasteiger partial charge in [0.05, 0.1) is 13.7 Å². The van der Waals surface area contributed by atoms with Crippen molar-refractivity contribution in [3.05, 3.63) is 107 Å². The SMILES string of the molecule is COC(=O)c1ccc(CN2C(=O)N/C(=C\c3cc(C)n(-c4ccc(OCC(=O)Nc5cccc(F)c5)cc4)c3C)C2=O)o1. The van der Waals surface area contributed by atoms with Crippen LogP contribution in [0.2, 0.25) is 0 Å². The van der Waals surface area contributed by atoms with Crippen molar-refractivity contribution in [2.24, 2.45) is 0 Å². The zero-order valence-electron chi connectivity index (χ0n) is 23.5. The van der Waals surface area contributed by atoms with Crippen molar-refractivity contribution in [1.29, 1.82) is 0 Å². The molecule has 43 heavy (non-hydrogen) atoms. The zero-order valence-corrected chi connectivity index (χ0v) is 23.5. The lowest BCUT2D eigenvalue weighted by Gasteiger charge is -2.12. The fourth-order valence-electron chi connectivity index (χ4n) is 4.63. The summed E-state index contributed by atoms with van der Waals surface area (Å²) >= 11 is 0. The molecule has 0 bridgehead atoms. The minimum atomic E-state index is -0.661. The number of urea groups is 1. The van der Waals surface area contributed by atoms with Crippen LogP contribution in [-0.2, 0) is 20.9 Å². The standard InChI is InChI=1S/C31H27FN4O7/c1-18-13-20(14-26-29(38)35(31(40)34-26)16-25-11-12-27(43-25)30(39)41-3)19(2)36(18)23-7-9-24(10-8-23)42-17-28(37)33-22-6-4-5-21(32)15-22/h4-15H,16-17H2,1-3H3,(H,33,37)(H,34,40)/b26-14-. The lowest BCUT2D eigenvalue weighted by atomic mass is 10.2. The molecule has 2 aromatic carbocycles. The molecule has 4 amide bonds. The van der Waals surface area contributed by atoms with Gasteiger partial charge in [-0.25, -0.2) is 14.0 Å². The summed E-state index contributed by atoms with van der Waals surface area (Å²) in [5, 5.41) is 5.17. The Morgan fingerprint density at radius 1 is 1.05 bits per heavy atom. The van der Waals surface area contributed by atoms with Crippen molar-refractivity contribution in [3.63, 3.8) is 0 Å². The van der Waals surface area contributed by atoms with Gasteiger partial charge in [0.25, 0.3) is 11.8 Å². The Hall–Kier alpha value is -5.65. The summed E-state index contributed by atoms with van der Waals surface area (Å²) in [6.45, 7) is 3.39. The van der Waals surface area contributed by atoms with Gasteiger partial charge in [-0.1, -0.05) is 6.07 Å². The Kier molecular flexibility index (Phi) is 8.10. The van der Waals surface area contributed by atoms with E-state index in [9.17, 15) is 23.6 Å². The number of aryl methyl sites for hydroxylation is 1. The molecule has 1 aliphatic heterocycles. The van der Waals surface area contributed by atoms with Crippen LogP contribution in [0, 0.1) is 19.7 Å². The number of benzene rings is 2. The van der Waals surface area contributed by atoms with Gasteiger partial charge in [0.1, 0.15) is 23.0 Å². The maximum atomic E-state index is 13.3. The van der Waals surface area contributed by atoms with Gasteiger partial charge in [0.2, 0.25) is 5.76 Å². The van der Waals surface area contributed by atoms with Crippen LogP contribution < -0.4 is 15.4 Å². The summed E-state index contributed by atoms with van der Waals surface area (Å²) in [5.74, 6) is -1.38. The van der Waals surface area contributed by atoms with Crippen molar-refractivity contribution in [3.8, 4) is 11.4 Å². The van der Waals surface area contributed by atoms with E-state index in [-0.39, 0.29) is 30.4 Å². The van der Waals surface area contributed by atoms with E-state index < -0.39 is 29.6 Å². The minimum Gasteiger partial charge on any atom is -0.484 e. The van der Waals surface area contributed by atoms with Crippen molar-refractivity contribution < 1.29 is 37.5 Å². The molecular formula is C31H27FN4O7. The summed E-state index contributed by atoms with van der Waals surface area (Å²) in [4.78, 5) is 50.4. The number of carbonyl (C=O) groups excluding carboxylic acids is 4. The molecule has 1 aliphatic rings. The Morgan fingerprint density at radius 3 is 2.53 bits per heavy atom. The molecule has 0 unspecified atom stereocenters. The summed E-state index contributed by atoms with van der Waals surface area (Å²) < 4.78 is 30.9. The third-order valence-electron chi connectivity index (χ3n) is 6.67. The summed E-state index contributed by atoms with van der Waals surface area (Å²) in [7, 11) is 1.22. The zero-order chi connectivity index (χ0) is 30.7. The number of halogens is 1. The Balaban J connectivity index is 1.25. The highest BCUT2D eigenvalue weighted by Gasteiger charge is 2.34. The Bertz CT molecular complexity index is 1750. The number of hydrogen-bond donors (Lipinski definition) is 2. The normalized spacial score (nSPS) is 13.8. The van der Waals surface area contributed by atoms with Crippen LogP contribution in [0.5, 0.6) is 5.75 Å². The lowest BCUT2D eigenvalue weighted by molar-refractivity contribution is -0.123. The highest BCUT2D eigenvalue weighted by molar-refractivity contribution is 6.14. The van der Waals surface area contributed by atoms with Crippen LogP contribution in [-0.4, -0.2) is 47.0 Å². The average Bonchev–Trinajstić information content (AvgIpc) is 3.64. The van der Waals surface area contributed by atoms with Gasteiger partial charge in [-0.05, 0) is 86.2 Å². The second kappa shape index (κ2) is 12.1. The van der Waals surface area contributed by atoms with E-state index in [1.165, 1.54) is 37.4 Å². The van der Waals surface area contributed by atoms with Crippen LogP contribution >= 0.6 is 0 Å². The number of aromatic nitrogens is 1. The first-order chi connectivity index (χ1) is 20.6. The number of carbonyl (C=O) groups is 4. The van der Waals surface area contributed by atoms with E-state index in [0.717, 1.165) is 27.5 Å². The van der Waals surface area contributed by atoms with E-state index in [1.54, 1.807) is 24.3 Å². The van der Waals surface area contributed by atoms with Crippen molar-refractivity contribution in [2.45, 2.75) is 20.4 Å². The maximum Gasteiger partial charge on any atom is 0.373 e. The molecule has 3 heterocycles. The quantitative estimate of drug-likeness (QED) is 0.165. The highest BCUT2D eigenvalue weighted by Crippen LogP contribution is 2.26. The number of nitrogens with zero attached hydrogens (tertiary/aromatic N) is 2. The van der Waals surface area contributed by atoms with Crippen molar-refractivity contribution in [2.75, 3.05) is 19.0 Å². The molecule has 5 rings (SSSR count). The van der Waals surface area contributed by atoms with Gasteiger partial charge in [0.15, 0.2) is 6.61 Å². The number of anilines is 1. The fourth-order valence-corrected chi connectivity index (χ4v) is 4.63.